The molecule has 0 spiro atoms. The van der Waals surface area contributed by atoms with Gasteiger partial charge in [-0.15, -0.1) is 0 Å². The zero-order chi connectivity index (χ0) is 25.4. The first-order valence-electron chi connectivity index (χ1n) is 10.7. The van der Waals surface area contributed by atoms with E-state index in [1.54, 1.807) is 30.3 Å². The van der Waals surface area contributed by atoms with Gasteiger partial charge >= 0.3 is 11.8 Å². The van der Waals surface area contributed by atoms with Crippen molar-refractivity contribution in [3.8, 4) is 5.75 Å². The van der Waals surface area contributed by atoms with Crippen molar-refractivity contribution in [1.82, 2.24) is 5.43 Å². The highest BCUT2D eigenvalue weighted by molar-refractivity contribution is 9.10. The molecule has 0 aliphatic rings. The van der Waals surface area contributed by atoms with Crippen LogP contribution in [0.2, 0.25) is 0 Å². The standard InChI is InChI=1S/C26H25BrN4O4/c1-16-7-6-8-17(2)24(16)30-25(33)26(34)31-28-14-19-9-4-5-10-22(19)35-15-23(32)29-20-11-12-21(27)18(3)13-20/h4-14H,15H2,1-3H3,(H,29,32)(H,30,33)(H,31,34)/b28-14-. The van der Waals surface area contributed by atoms with Crippen LogP contribution in [0.25, 0.3) is 0 Å². The highest BCUT2D eigenvalue weighted by Gasteiger charge is 2.15. The summed E-state index contributed by atoms with van der Waals surface area (Å²) in [5.41, 5.74) is 6.67. The van der Waals surface area contributed by atoms with Crippen LogP contribution in [0, 0.1) is 20.8 Å². The second-order valence-corrected chi connectivity index (χ2v) is 8.61. The average molecular weight is 537 g/mol. The van der Waals surface area contributed by atoms with E-state index < -0.39 is 11.8 Å². The molecular weight excluding hydrogens is 512 g/mol. The smallest absolute Gasteiger partial charge is 0.329 e. The van der Waals surface area contributed by atoms with Crippen LogP contribution in [0.3, 0.4) is 0 Å². The second kappa shape index (κ2) is 11.9. The third-order valence-corrected chi connectivity index (χ3v) is 5.90. The summed E-state index contributed by atoms with van der Waals surface area (Å²) in [4.78, 5) is 36.7. The monoisotopic (exact) mass is 536 g/mol. The predicted molar refractivity (Wildman–Crippen MR) is 140 cm³/mol. The van der Waals surface area contributed by atoms with Gasteiger partial charge in [-0.1, -0.05) is 46.3 Å². The molecule has 0 atom stereocenters. The lowest BCUT2D eigenvalue weighted by molar-refractivity contribution is -0.136. The van der Waals surface area contributed by atoms with Crippen molar-refractivity contribution in [2.75, 3.05) is 17.2 Å². The number of carbonyl (C=O) groups excluding carboxylic acids is 3. The van der Waals surface area contributed by atoms with E-state index in [2.05, 4.69) is 37.1 Å². The fraction of sp³-hybridized carbons (Fsp3) is 0.154. The van der Waals surface area contributed by atoms with Gasteiger partial charge in [0, 0.05) is 21.4 Å². The molecule has 9 heteroatoms. The van der Waals surface area contributed by atoms with Crippen LogP contribution in [-0.4, -0.2) is 30.5 Å². The lowest BCUT2D eigenvalue weighted by Gasteiger charge is -2.11. The second-order valence-electron chi connectivity index (χ2n) is 7.76. The number of hydrogen-bond donors (Lipinski definition) is 3. The Morgan fingerprint density at radius 3 is 2.31 bits per heavy atom. The summed E-state index contributed by atoms with van der Waals surface area (Å²) < 4.78 is 6.58. The van der Waals surface area contributed by atoms with E-state index in [9.17, 15) is 14.4 Å². The van der Waals surface area contributed by atoms with E-state index in [-0.39, 0.29) is 12.5 Å². The van der Waals surface area contributed by atoms with Crippen LogP contribution in [0.5, 0.6) is 5.75 Å². The van der Waals surface area contributed by atoms with Crippen LogP contribution >= 0.6 is 15.9 Å². The van der Waals surface area contributed by atoms with Gasteiger partial charge in [-0.05, 0) is 67.8 Å². The van der Waals surface area contributed by atoms with E-state index in [1.807, 2.05) is 51.1 Å². The van der Waals surface area contributed by atoms with Gasteiger partial charge in [0.05, 0.1) is 6.21 Å². The number of para-hydroxylation sites is 2. The molecule has 180 valence electrons. The molecule has 8 nitrogen and oxygen atoms in total. The van der Waals surface area contributed by atoms with E-state index in [4.69, 9.17) is 4.74 Å². The highest BCUT2D eigenvalue weighted by Crippen LogP contribution is 2.21. The van der Waals surface area contributed by atoms with E-state index in [0.717, 1.165) is 21.2 Å². The zero-order valence-corrected chi connectivity index (χ0v) is 21.1. The van der Waals surface area contributed by atoms with Gasteiger partial charge in [0.15, 0.2) is 6.61 Å². The Hall–Kier alpha value is -3.98. The number of rotatable bonds is 7. The Kier molecular flexibility index (Phi) is 8.74. The van der Waals surface area contributed by atoms with E-state index in [1.165, 1.54) is 6.21 Å². The maximum atomic E-state index is 12.3. The van der Waals surface area contributed by atoms with Gasteiger partial charge in [-0.3, -0.25) is 14.4 Å². The Morgan fingerprint density at radius 2 is 1.60 bits per heavy atom. The van der Waals surface area contributed by atoms with Gasteiger partial charge in [0.1, 0.15) is 5.75 Å². The molecule has 3 amide bonds. The van der Waals surface area contributed by atoms with Crippen LogP contribution in [0.1, 0.15) is 22.3 Å². The van der Waals surface area contributed by atoms with Gasteiger partial charge in [-0.2, -0.15) is 5.10 Å². The summed E-state index contributed by atoms with van der Waals surface area (Å²) in [7, 11) is 0. The molecule has 0 saturated heterocycles. The summed E-state index contributed by atoms with van der Waals surface area (Å²) in [6, 6.07) is 17.9. The lowest BCUT2D eigenvalue weighted by atomic mass is 10.1. The number of ether oxygens (including phenoxy) is 1. The van der Waals surface area contributed by atoms with Crippen LogP contribution in [-0.2, 0) is 14.4 Å². The van der Waals surface area contributed by atoms with E-state index >= 15 is 0 Å². The third kappa shape index (κ3) is 7.25. The molecule has 0 saturated carbocycles. The number of aryl methyl sites for hydroxylation is 3. The zero-order valence-electron chi connectivity index (χ0n) is 19.5. The number of benzene rings is 3. The lowest BCUT2D eigenvalue weighted by Crippen LogP contribution is -2.32. The van der Waals surface area contributed by atoms with Crippen molar-refractivity contribution in [2.24, 2.45) is 5.10 Å². The Bertz CT molecular complexity index is 1270. The number of hydrazone groups is 1. The van der Waals surface area contributed by atoms with Crippen molar-refractivity contribution < 1.29 is 19.1 Å². The molecule has 0 bridgehead atoms. The topological polar surface area (TPSA) is 109 Å². The van der Waals surface area contributed by atoms with E-state index in [0.29, 0.717) is 22.7 Å². The van der Waals surface area contributed by atoms with Crippen LogP contribution < -0.4 is 20.8 Å². The third-order valence-electron chi connectivity index (χ3n) is 5.02. The quantitative estimate of drug-likeness (QED) is 0.235. The van der Waals surface area contributed by atoms with Crippen molar-refractivity contribution >= 4 is 51.2 Å². The molecule has 0 radical (unpaired) electrons. The number of amides is 3. The fourth-order valence-corrected chi connectivity index (χ4v) is 3.42. The molecule has 0 aliphatic heterocycles. The maximum absolute atomic E-state index is 12.3. The summed E-state index contributed by atoms with van der Waals surface area (Å²) >= 11 is 3.42. The van der Waals surface area contributed by atoms with Crippen molar-refractivity contribution in [1.29, 1.82) is 0 Å². The minimum Gasteiger partial charge on any atom is -0.483 e. The Labute approximate surface area is 211 Å². The van der Waals surface area contributed by atoms with Crippen LogP contribution in [0.4, 0.5) is 11.4 Å². The number of hydrogen-bond acceptors (Lipinski definition) is 5. The number of nitrogens with zero attached hydrogens (tertiary/aromatic N) is 1. The summed E-state index contributed by atoms with van der Waals surface area (Å²) in [5.74, 6) is -1.67. The number of halogens is 1. The van der Waals surface area contributed by atoms with Gasteiger partial charge in [0.25, 0.3) is 5.91 Å². The molecule has 3 rings (SSSR count). The normalized spacial score (nSPS) is 10.6. The first-order valence-corrected chi connectivity index (χ1v) is 11.5. The van der Waals surface area contributed by atoms with Crippen molar-refractivity contribution in [3.05, 3.63) is 87.4 Å². The number of nitrogens with one attached hydrogen (secondary N) is 3. The molecule has 3 N–H and O–H groups in total. The molecular formula is C26H25BrN4O4. The van der Waals surface area contributed by atoms with Crippen molar-refractivity contribution in [2.45, 2.75) is 20.8 Å². The minimum atomic E-state index is -0.911. The molecule has 0 heterocycles. The fourth-order valence-electron chi connectivity index (χ4n) is 3.17. The van der Waals surface area contributed by atoms with Gasteiger partial charge in [-0.25, -0.2) is 5.43 Å². The molecule has 3 aromatic carbocycles. The highest BCUT2D eigenvalue weighted by atomic mass is 79.9. The molecule has 0 unspecified atom stereocenters. The minimum absolute atomic E-state index is 0.218. The molecule has 3 aromatic rings. The number of carbonyl (C=O) groups is 3. The molecule has 0 aliphatic carbocycles. The maximum Gasteiger partial charge on any atom is 0.329 e. The Morgan fingerprint density at radius 1 is 0.886 bits per heavy atom. The summed E-state index contributed by atoms with van der Waals surface area (Å²) in [5, 5.41) is 9.23. The first kappa shape index (κ1) is 25.6. The van der Waals surface area contributed by atoms with Gasteiger partial charge < -0.3 is 15.4 Å². The van der Waals surface area contributed by atoms with Crippen molar-refractivity contribution in [3.63, 3.8) is 0 Å². The molecule has 0 fully saturated rings. The van der Waals surface area contributed by atoms with Gasteiger partial charge in [0.2, 0.25) is 0 Å². The Balaban J connectivity index is 1.56. The number of anilines is 2. The summed E-state index contributed by atoms with van der Waals surface area (Å²) in [6.07, 6.45) is 1.34. The first-order chi connectivity index (χ1) is 16.7. The summed E-state index contributed by atoms with van der Waals surface area (Å²) in [6.45, 7) is 5.40. The SMILES string of the molecule is Cc1cc(NC(=O)COc2ccccc2/C=N\NC(=O)C(=O)Nc2c(C)cccc2C)ccc1Br. The average Bonchev–Trinajstić information content (AvgIpc) is 2.83. The predicted octanol–water partition coefficient (Wildman–Crippen LogP) is 4.48. The largest absolute Gasteiger partial charge is 0.483 e. The molecule has 0 aromatic heterocycles. The van der Waals surface area contributed by atoms with Crippen LogP contribution in [0.15, 0.2) is 70.2 Å². The molecule has 35 heavy (non-hydrogen) atoms.